The summed E-state index contributed by atoms with van der Waals surface area (Å²) in [5.74, 6) is -1.65. The molecule has 2 N–H and O–H groups in total. The lowest BCUT2D eigenvalue weighted by Gasteiger charge is -2.36. The number of thiocarbonyl (C=S) groups is 1. The van der Waals surface area contributed by atoms with Crippen LogP contribution in [0, 0.1) is 0 Å². The topological polar surface area (TPSA) is 61.4 Å². The molecule has 0 radical (unpaired) electrons. The van der Waals surface area contributed by atoms with Gasteiger partial charge in [-0.2, -0.15) is 13.2 Å². The van der Waals surface area contributed by atoms with Gasteiger partial charge in [-0.15, -0.1) is 0 Å². The van der Waals surface area contributed by atoms with Gasteiger partial charge in [-0.3, -0.25) is 20.2 Å². The largest absolute Gasteiger partial charge is 0.431 e. The average molecular weight is 345 g/mol. The molecule has 0 atom stereocenters. The molecule has 2 aliphatic heterocycles. The van der Waals surface area contributed by atoms with E-state index in [9.17, 15) is 22.8 Å². The second-order valence-electron chi connectivity index (χ2n) is 5.34. The van der Waals surface area contributed by atoms with Crippen LogP contribution in [0.5, 0.6) is 0 Å². The van der Waals surface area contributed by atoms with Crippen LogP contribution in [-0.4, -0.2) is 34.0 Å². The number of nitrogens with one attached hydrogen (secondary N) is 2. The summed E-state index contributed by atoms with van der Waals surface area (Å²) in [5.41, 5.74) is -1.15. The van der Waals surface area contributed by atoms with Gasteiger partial charge < -0.3 is 4.90 Å². The van der Waals surface area contributed by atoms with Crippen LogP contribution in [0.25, 0.3) is 0 Å². The third-order valence-electron chi connectivity index (χ3n) is 3.30. The Labute approximate surface area is 135 Å². The summed E-state index contributed by atoms with van der Waals surface area (Å²) >= 11 is 4.67. The first-order valence-corrected chi connectivity index (χ1v) is 7.10. The first kappa shape index (κ1) is 17.2. The van der Waals surface area contributed by atoms with E-state index in [-0.39, 0.29) is 16.4 Å². The van der Waals surface area contributed by atoms with Crippen molar-refractivity contribution in [3.05, 3.63) is 34.7 Å². The molecule has 0 aromatic rings. The molecule has 2 rings (SSSR count). The fourth-order valence-corrected chi connectivity index (χ4v) is 2.70. The van der Waals surface area contributed by atoms with Crippen LogP contribution >= 0.6 is 12.2 Å². The van der Waals surface area contributed by atoms with Gasteiger partial charge in [0, 0.05) is 11.7 Å². The number of nitrogens with zero attached hydrogens (tertiary/aromatic N) is 1. The Morgan fingerprint density at radius 2 is 1.65 bits per heavy atom. The molecule has 2 heterocycles. The molecule has 0 aromatic carbocycles. The van der Waals surface area contributed by atoms with Gasteiger partial charge in [0.2, 0.25) is 0 Å². The minimum Gasteiger partial charge on any atom is -0.339 e. The number of carbonyl (C=O) groups excluding carboxylic acids is 2. The van der Waals surface area contributed by atoms with Crippen LogP contribution in [0.4, 0.5) is 13.2 Å². The zero-order valence-corrected chi connectivity index (χ0v) is 13.4. The molecule has 0 spiro atoms. The standard InChI is InChI=1S/C14H14F3N3O2S/c1-6(2)20-7(3)4-8(5-9(20)14(15,16)17)10-11(21)18-13(23)19-12(10)22/h4-6H,1-3H3,(H2,18,19,21,22,23). The van der Waals surface area contributed by atoms with Gasteiger partial charge in [-0.05, 0) is 50.7 Å². The molecular weight excluding hydrogens is 331 g/mol. The highest BCUT2D eigenvalue weighted by Crippen LogP contribution is 2.37. The molecule has 2 amide bonds. The number of allylic oxidation sites excluding steroid dienone is 5. The van der Waals surface area contributed by atoms with Crippen LogP contribution in [0.2, 0.25) is 0 Å². The summed E-state index contributed by atoms with van der Waals surface area (Å²) in [5, 5.41) is 4.24. The third-order valence-corrected chi connectivity index (χ3v) is 3.50. The van der Waals surface area contributed by atoms with E-state index in [1.54, 1.807) is 13.8 Å². The maximum atomic E-state index is 13.3. The molecule has 0 bridgehead atoms. The second-order valence-corrected chi connectivity index (χ2v) is 5.75. The molecule has 124 valence electrons. The van der Waals surface area contributed by atoms with Crippen LogP contribution in [0.15, 0.2) is 34.7 Å². The fourth-order valence-electron chi connectivity index (χ4n) is 2.52. The van der Waals surface area contributed by atoms with Crippen LogP contribution < -0.4 is 10.6 Å². The highest BCUT2D eigenvalue weighted by Gasteiger charge is 2.41. The third kappa shape index (κ3) is 3.29. The minimum absolute atomic E-state index is 0.107. The van der Waals surface area contributed by atoms with Crippen molar-refractivity contribution in [1.82, 2.24) is 15.5 Å². The monoisotopic (exact) mass is 345 g/mol. The van der Waals surface area contributed by atoms with E-state index in [0.29, 0.717) is 0 Å². The quantitative estimate of drug-likeness (QED) is 0.433. The average Bonchev–Trinajstić information content (AvgIpc) is 2.34. The van der Waals surface area contributed by atoms with E-state index in [1.807, 2.05) is 0 Å². The molecule has 0 unspecified atom stereocenters. The highest BCUT2D eigenvalue weighted by atomic mass is 32.1. The van der Waals surface area contributed by atoms with Gasteiger partial charge in [-0.1, -0.05) is 0 Å². The van der Waals surface area contributed by atoms with E-state index in [0.717, 1.165) is 11.0 Å². The summed E-state index contributed by atoms with van der Waals surface area (Å²) in [4.78, 5) is 24.9. The number of rotatable bonds is 1. The fraction of sp³-hybridized carbons (Fsp3) is 0.357. The summed E-state index contributed by atoms with van der Waals surface area (Å²) in [7, 11) is 0. The van der Waals surface area contributed by atoms with E-state index in [2.05, 4.69) is 22.9 Å². The number of hydrogen-bond donors (Lipinski definition) is 2. The molecule has 0 aromatic heterocycles. The van der Waals surface area contributed by atoms with Gasteiger partial charge in [0.1, 0.15) is 11.3 Å². The first-order chi connectivity index (χ1) is 10.5. The van der Waals surface area contributed by atoms with Crippen LogP contribution in [-0.2, 0) is 9.59 Å². The van der Waals surface area contributed by atoms with Gasteiger partial charge in [0.15, 0.2) is 5.11 Å². The minimum atomic E-state index is -4.62. The molecular formula is C14H14F3N3O2S. The van der Waals surface area contributed by atoms with Crippen molar-refractivity contribution in [1.29, 1.82) is 0 Å². The van der Waals surface area contributed by atoms with Crippen molar-refractivity contribution in [2.24, 2.45) is 0 Å². The predicted octanol–water partition coefficient (Wildman–Crippen LogP) is 1.89. The summed E-state index contributed by atoms with van der Waals surface area (Å²) in [6, 6.07) is -0.438. The zero-order chi connectivity index (χ0) is 17.5. The number of carbonyl (C=O) groups is 2. The van der Waals surface area contributed by atoms with Gasteiger partial charge in [0.05, 0.1) is 0 Å². The van der Waals surface area contributed by atoms with Crippen molar-refractivity contribution in [3.63, 3.8) is 0 Å². The lowest BCUT2D eigenvalue weighted by Crippen LogP contribution is -2.51. The first-order valence-electron chi connectivity index (χ1n) is 6.69. The van der Waals surface area contributed by atoms with Crippen molar-refractivity contribution in [2.45, 2.75) is 33.0 Å². The number of hydrogen-bond acceptors (Lipinski definition) is 4. The van der Waals surface area contributed by atoms with E-state index in [1.165, 1.54) is 13.0 Å². The predicted molar refractivity (Wildman–Crippen MR) is 80.8 cm³/mol. The van der Waals surface area contributed by atoms with Gasteiger partial charge in [-0.25, -0.2) is 0 Å². The van der Waals surface area contributed by atoms with Crippen LogP contribution in [0.1, 0.15) is 20.8 Å². The van der Waals surface area contributed by atoms with E-state index < -0.39 is 35.3 Å². The summed E-state index contributed by atoms with van der Waals surface area (Å²) < 4.78 is 40.0. The van der Waals surface area contributed by atoms with Gasteiger partial charge in [0.25, 0.3) is 11.8 Å². The van der Waals surface area contributed by atoms with E-state index >= 15 is 0 Å². The Balaban J connectivity index is 2.62. The Hall–Kier alpha value is -2.16. The molecule has 9 heteroatoms. The zero-order valence-electron chi connectivity index (χ0n) is 12.5. The Kier molecular flexibility index (Phi) is 4.34. The van der Waals surface area contributed by atoms with Crippen LogP contribution in [0.3, 0.4) is 0 Å². The molecule has 1 fully saturated rings. The number of halogens is 3. The number of amides is 2. The maximum Gasteiger partial charge on any atom is 0.431 e. The molecule has 1 saturated heterocycles. The molecule has 2 aliphatic rings. The Morgan fingerprint density at radius 3 is 2.09 bits per heavy atom. The van der Waals surface area contributed by atoms with Crippen molar-refractivity contribution < 1.29 is 22.8 Å². The normalized spacial score (nSPS) is 19.6. The lowest BCUT2D eigenvalue weighted by atomic mass is 9.98. The van der Waals surface area contributed by atoms with E-state index in [4.69, 9.17) is 0 Å². The smallest absolute Gasteiger partial charge is 0.339 e. The molecule has 0 saturated carbocycles. The number of alkyl halides is 3. The SMILES string of the molecule is CC1=CC(=C2C(=O)NC(=S)NC2=O)C=C(C(F)(F)F)N1C(C)C. The summed E-state index contributed by atoms with van der Waals surface area (Å²) in [6.07, 6.45) is -2.45. The maximum absolute atomic E-state index is 13.3. The lowest BCUT2D eigenvalue weighted by molar-refractivity contribution is -0.123. The molecule has 0 aliphatic carbocycles. The highest BCUT2D eigenvalue weighted by molar-refractivity contribution is 7.80. The molecule has 5 nitrogen and oxygen atoms in total. The molecule has 23 heavy (non-hydrogen) atoms. The van der Waals surface area contributed by atoms with Gasteiger partial charge >= 0.3 is 6.18 Å². The van der Waals surface area contributed by atoms with Crippen molar-refractivity contribution in [3.8, 4) is 0 Å². The van der Waals surface area contributed by atoms with Crippen molar-refractivity contribution >= 4 is 29.1 Å². The Morgan fingerprint density at radius 1 is 1.13 bits per heavy atom. The van der Waals surface area contributed by atoms with Crippen molar-refractivity contribution in [2.75, 3.05) is 0 Å². The Bertz CT molecular complexity index is 668. The summed E-state index contributed by atoms with van der Waals surface area (Å²) in [6.45, 7) is 4.73. The second kappa shape index (κ2) is 5.80.